The maximum atomic E-state index is 12.8. The van der Waals surface area contributed by atoms with Crippen molar-refractivity contribution in [3.05, 3.63) is 30.1 Å². The Morgan fingerprint density at radius 2 is 1.51 bits per heavy atom. The number of carbonyl (C=O) groups is 6. The molecule has 1 aromatic heterocycles. The molecule has 2 heterocycles. The molecule has 13 heteroatoms. The number of carbonyl (C=O) groups excluding carboxylic acids is 5. The number of carboxylic acids is 1. The largest absolute Gasteiger partial charge is 0.481 e. The Balaban J connectivity index is 1.18. The molecule has 236 valence electrons. The van der Waals surface area contributed by atoms with Crippen LogP contribution in [-0.4, -0.2) is 83.2 Å². The summed E-state index contributed by atoms with van der Waals surface area (Å²) in [5.41, 5.74) is 0.816. The predicted molar refractivity (Wildman–Crippen MR) is 156 cm³/mol. The molecule has 43 heavy (non-hydrogen) atoms. The molecule has 1 aliphatic carbocycles. The molecule has 2 aliphatic rings. The van der Waals surface area contributed by atoms with Crippen molar-refractivity contribution in [3.63, 3.8) is 0 Å². The van der Waals surface area contributed by atoms with Crippen molar-refractivity contribution in [3.8, 4) is 0 Å². The standard InChI is InChI=1S/C30H44N6O7/c1-36-27(40)18-23(28(36)21-6-3-14-31-19-21)29(41)34-17-5-16-33-25(38)9-4-15-32-24(37)7-2-8-26(39)35-22-12-10-20(11-13-22)30(42)43/h3,6,14,19-20,22-23,28H,2,4-5,7-13,15-18H2,1H3,(H,32,37)(H,33,38)(H,34,41)(H,35,39)(H,42,43)/t20-,22+,23-,28+/m0/s1. The van der Waals surface area contributed by atoms with Gasteiger partial charge < -0.3 is 31.3 Å². The molecule has 0 unspecified atom stereocenters. The maximum Gasteiger partial charge on any atom is 0.306 e. The summed E-state index contributed by atoms with van der Waals surface area (Å²) in [6.07, 6.45) is 8.03. The van der Waals surface area contributed by atoms with E-state index in [0.717, 1.165) is 5.56 Å². The Labute approximate surface area is 251 Å². The smallest absolute Gasteiger partial charge is 0.306 e. The highest BCUT2D eigenvalue weighted by Gasteiger charge is 2.42. The van der Waals surface area contributed by atoms with Crippen LogP contribution >= 0.6 is 0 Å². The molecule has 0 spiro atoms. The summed E-state index contributed by atoms with van der Waals surface area (Å²) in [4.78, 5) is 78.0. The van der Waals surface area contributed by atoms with Crippen molar-refractivity contribution < 1.29 is 33.9 Å². The summed E-state index contributed by atoms with van der Waals surface area (Å²) >= 11 is 0. The average molecular weight is 601 g/mol. The summed E-state index contributed by atoms with van der Waals surface area (Å²) in [6.45, 7) is 1.12. The number of nitrogens with zero attached hydrogens (tertiary/aromatic N) is 2. The zero-order valence-corrected chi connectivity index (χ0v) is 24.8. The Hall–Kier alpha value is -4.03. The summed E-state index contributed by atoms with van der Waals surface area (Å²) in [6, 6.07) is 3.28. The number of amides is 5. The van der Waals surface area contributed by atoms with Gasteiger partial charge in [-0.15, -0.1) is 0 Å². The van der Waals surface area contributed by atoms with Crippen LogP contribution in [0.3, 0.4) is 0 Å². The Morgan fingerprint density at radius 3 is 2.16 bits per heavy atom. The van der Waals surface area contributed by atoms with Gasteiger partial charge in [-0.3, -0.25) is 33.8 Å². The summed E-state index contributed by atoms with van der Waals surface area (Å²) < 4.78 is 0. The normalized spacial score (nSPS) is 21.6. The van der Waals surface area contributed by atoms with Crippen LogP contribution in [0.4, 0.5) is 0 Å². The van der Waals surface area contributed by atoms with Gasteiger partial charge in [-0.05, 0) is 56.6 Å². The average Bonchev–Trinajstić information content (AvgIpc) is 3.29. The molecule has 5 N–H and O–H groups in total. The number of nitrogens with one attached hydrogen (secondary N) is 4. The number of pyridine rings is 1. The van der Waals surface area contributed by atoms with Gasteiger partial charge in [0.25, 0.3) is 0 Å². The van der Waals surface area contributed by atoms with Gasteiger partial charge in [0.15, 0.2) is 0 Å². The van der Waals surface area contributed by atoms with Crippen molar-refractivity contribution in [2.45, 2.75) is 82.7 Å². The Morgan fingerprint density at radius 1 is 0.884 bits per heavy atom. The van der Waals surface area contributed by atoms with Gasteiger partial charge in [0.1, 0.15) is 0 Å². The number of aliphatic carboxylic acids is 1. The highest BCUT2D eigenvalue weighted by Crippen LogP contribution is 2.36. The van der Waals surface area contributed by atoms with Crippen molar-refractivity contribution in [1.82, 2.24) is 31.2 Å². The van der Waals surface area contributed by atoms with Crippen molar-refractivity contribution in [1.29, 1.82) is 0 Å². The molecule has 2 atom stereocenters. The topological polar surface area (TPSA) is 187 Å². The van der Waals surface area contributed by atoms with E-state index in [9.17, 15) is 28.8 Å². The summed E-state index contributed by atoms with van der Waals surface area (Å²) in [5.74, 6) is -2.34. The molecular weight excluding hydrogens is 556 g/mol. The molecule has 1 aromatic rings. The fourth-order valence-electron chi connectivity index (χ4n) is 5.62. The van der Waals surface area contributed by atoms with E-state index in [1.165, 1.54) is 0 Å². The summed E-state index contributed by atoms with van der Waals surface area (Å²) in [7, 11) is 1.69. The first-order valence-corrected chi connectivity index (χ1v) is 15.1. The SMILES string of the molecule is CN1C(=O)C[C@H](C(=O)NCCCNC(=O)CCCNC(=O)CCCC(=O)N[C@H]2CC[C@@H](C(=O)O)CC2)[C@H]1c1cccnc1. The number of hydrogen-bond donors (Lipinski definition) is 5. The fourth-order valence-corrected chi connectivity index (χ4v) is 5.62. The third-order valence-electron chi connectivity index (χ3n) is 8.08. The van der Waals surface area contributed by atoms with Gasteiger partial charge in [0.2, 0.25) is 29.5 Å². The quantitative estimate of drug-likeness (QED) is 0.174. The minimum atomic E-state index is -0.779. The molecular formula is C30H44N6O7. The third kappa shape index (κ3) is 11.0. The van der Waals surface area contributed by atoms with Crippen LogP contribution in [0.2, 0.25) is 0 Å². The minimum absolute atomic E-state index is 0.00127. The first kappa shape index (κ1) is 33.5. The lowest BCUT2D eigenvalue weighted by Gasteiger charge is -2.26. The van der Waals surface area contributed by atoms with Crippen molar-refractivity contribution >= 4 is 35.5 Å². The second-order valence-electron chi connectivity index (χ2n) is 11.3. The first-order valence-electron chi connectivity index (χ1n) is 15.1. The molecule has 0 aromatic carbocycles. The van der Waals surface area contributed by atoms with Gasteiger partial charge in [-0.2, -0.15) is 0 Å². The number of aromatic nitrogens is 1. The van der Waals surface area contributed by atoms with E-state index in [0.29, 0.717) is 64.6 Å². The number of likely N-dealkylation sites (tertiary alicyclic amines) is 1. The van der Waals surface area contributed by atoms with E-state index in [2.05, 4.69) is 26.3 Å². The maximum absolute atomic E-state index is 12.8. The molecule has 5 amide bonds. The lowest BCUT2D eigenvalue weighted by Crippen LogP contribution is -2.38. The second kappa shape index (κ2) is 17.2. The van der Waals surface area contributed by atoms with E-state index in [1.54, 1.807) is 30.4 Å². The molecule has 2 fully saturated rings. The molecule has 1 saturated carbocycles. The number of hydrogen-bond acceptors (Lipinski definition) is 7. The lowest BCUT2D eigenvalue weighted by atomic mass is 9.86. The molecule has 1 saturated heterocycles. The van der Waals surface area contributed by atoms with Crippen molar-refractivity contribution in [2.75, 3.05) is 26.7 Å². The van der Waals surface area contributed by atoms with Crippen LogP contribution in [-0.2, 0) is 28.8 Å². The molecule has 1 aliphatic heterocycles. The van der Waals surface area contributed by atoms with E-state index in [1.807, 2.05) is 6.07 Å². The minimum Gasteiger partial charge on any atom is -0.481 e. The van der Waals surface area contributed by atoms with Crippen LogP contribution in [0.15, 0.2) is 24.5 Å². The van der Waals surface area contributed by atoms with Crippen molar-refractivity contribution in [2.24, 2.45) is 11.8 Å². The summed E-state index contributed by atoms with van der Waals surface area (Å²) in [5, 5.41) is 20.4. The molecule has 0 bridgehead atoms. The van der Waals surface area contributed by atoms with Gasteiger partial charge in [0.05, 0.1) is 17.9 Å². The van der Waals surface area contributed by atoms with Gasteiger partial charge in [0, 0.05) is 70.8 Å². The van der Waals surface area contributed by atoms with E-state index in [4.69, 9.17) is 5.11 Å². The van der Waals surface area contributed by atoms with Crippen LogP contribution in [0.25, 0.3) is 0 Å². The Bertz CT molecular complexity index is 1120. The van der Waals surface area contributed by atoms with E-state index >= 15 is 0 Å². The zero-order chi connectivity index (χ0) is 31.2. The van der Waals surface area contributed by atoms with Gasteiger partial charge in [-0.1, -0.05) is 6.07 Å². The fraction of sp³-hybridized carbons (Fsp3) is 0.633. The predicted octanol–water partition coefficient (Wildman–Crippen LogP) is 1.05. The lowest BCUT2D eigenvalue weighted by molar-refractivity contribution is -0.143. The van der Waals surface area contributed by atoms with Crippen LogP contribution in [0.5, 0.6) is 0 Å². The molecule has 13 nitrogen and oxygen atoms in total. The van der Waals surface area contributed by atoms with Gasteiger partial charge >= 0.3 is 5.97 Å². The molecule has 3 rings (SSSR count). The second-order valence-corrected chi connectivity index (χ2v) is 11.3. The van der Waals surface area contributed by atoms with E-state index < -0.39 is 11.9 Å². The van der Waals surface area contributed by atoms with Crippen LogP contribution < -0.4 is 21.3 Å². The highest BCUT2D eigenvalue weighted by molar-refractivity contribution is 5.90. The van der Waals surface area contributed by atoms with Crippen LogP contribution in [0.1, 0.15) is 82.2 Å². The zero-order valence-electron chi connectivity index (χ0n) is 24.8. The van der Waals surface area contributed by atoms with E-state index in [-0.39, 0.29) is 73.2 Å². The van der Waals surface area contributed by atoms with Gasteiger partial charge in [-0.25, -0.2) is 0 Å². The Kier molecular flexibility index (Phi) is 13.4. The monoisotopic (exact) mass is 600 g/mol. The van der Waals surface area contributed by atoms with Crippen LogP contribution in [0, 0.1) is 11.8 Å². The number of rotatable bonds is 16. The highest BCUT2D eigenvalue weighted by atomic mass is 16.4. The number of carboxylic acid groups (broad SMARTS) is 1. The third-order valence-corrected chi connectivity index (χ3v) is 8.08. The first-order chi connectivity index (χ1) is 20.7. The molecule has 0 radical (unpaired) electrons.